The van der Waals surface area contributed by atoms with Crippen LogP contribution in [0.15, 0.2) is 47.4 Å². The summed E-state index contributed by atoms with van der Waals surface area (Å²) in [6.07, 6.45) is 1.61. The molecule has 0 radical (unpaired) electrons. The fourth-order valence-electron chi connectivity index (χ4n) is 2.55. The molecule has 0 aromatic heterocycles. The van der Waals surface area contributed by atoms with E-state index >= 15 is 0 Å². The number of benzene rings is 2. The van der Waals surface area contributed by atoms with Crippen molar-refractivity contribution in [1.82, 2.24) is 4.90 Å². The number of fused-ring (bicyclic) bond motifs is 1. The number of carbonyl (C=O) groups excluding carboxylic acids is 2. The SMILES string of the molecule is O=C1C(=Cc2ccc3c(c2)OCO3)SC(=S)N1C(=O)c1ccccc1F. The molecule has 130 valence electrons. The maximum absolute atomic E-state index is 13.9. The second-order valence-electron chi connectivity index (χ2n) is 5.41. The molecule has 2 amide bonds. The Morgan fingerprint density at radius 3 is 2.77 bits per heavy atom. The van der Waals surface area contributed by atoms with Crippen LogP contribution in [0.5, 0.6) is 11.5 Å². The molecule has 0 spiro atoms. The van der Waals surface area contributed by atoms with Crippen molar-refractivity contribution in [3.63, 3.8) is 0 Å². The molecule has 0 aliphatic carbocycles. The monoisotopic (exact) mass is 387 g/mol. The van der Waals surface area contributed by atoms with Crippen LogP contribution in [0.2, 0.25) is 0 Å². The van der Waals surface area contributed by atoms with E-state index in [2.05, 4.69) is 0 Å². The van der Waals surface area contributed by atoms with E-state index in [0.29, 0.717) is 17.1 Å². The Kier molecular flexibility index (Phi) is 4.21. The quantitative estimate of drug-likeness (QED) is 0.446. The molecular formula is C18H10FNO4S2. The minimum absolute atomic E-state index is 0.0650. The highest BCUT2D eigenvalue weighted by Gasteiger charge is 2.38. The van der Waals surface area contributed by atoms with Crippen molar-refractivity contribution in [1.29, 1.82) is 0 Å². The van der Waals surface area contributed by atoms with Gasteiger partial charge in [-0.1, -0.05) is 42.2 Å². The van der Waals surface area contributed by atoms with Gasteiger partial charge >= 0.3 is 0 Å². The topological polar surface area (TPSA) is 55.8 Å². The zero-order chi connectivity index (χ0) is 18.3. The predicted octanol–water partition coefficient (Wildman–Crippen LogP) is 3.60. The van der Waals surface area contributed by atoms with Crippen LogP contribution in [0.3, 0.4) is 0 Å². The zero-order valence-corrected chi connectivity index (χ0v) is 14.7. The van der Waals surface area contributed by atoms with Gasteiger partial charge in [-0.2, -0.15) is 0 Å². The highest BCUT2D eigenvalue weighted by Crippen LogP contribution is 2.37. The van der Waals surface area contributed by atoms with Crippen molar-refractivity contribution in [2.45, 2.75) is 0 Å². The van der Waals surface area contributed by atoms with E-state index < -0.39 is 17.6 Å². The number of amides is 2. The number of halogens is 1. The first kappa shape index (κ1) is 16.7. The smallest absolute Gasteiger partial charge is 0.273 e. The molecule has 8 heteroatoms. The van der Waals surface area contributed by atoms with Crippen molar-refractivity contribution >= 4 is 46.2 Å². The first-order valence-corrected chi connectivity index (χ1v) is 8.73. The average Bonchev–Trinajstić information content (AvgIpc) is 3.19. The lowest BCUT2D eigenvalue weighted by molar-refractivity contribution is -0.120. The maximum atomic E-state index is 13.9. The number of hydrogen-bond donors (Lipinski definition) is 0. The molecule has 0 N–H and O–H groups in total. The summed E-state index contributed by atoms with van der Waals surface area (Å²) in [5.74, 6) is -0.849. The van der Waals surface area contributed by atoms with Crippen LogP contribution in [0.4, 0.5) is 4.39 Å². The first-order valence-electron chi connectivity index (χ1n) is 7.51. The Bertz CT molecular complexity index is 989. The summed E-state index contributed by atoms with van der Waals surface area (Å²) in [7, 11) is 0. The third-order valence-electron chi connectivity index (χ3n) is 3.80. The molecule has 26 heavy (non-hydrogen) atoms. The Labute approximate surface area is 157 Å². The normalized spacial score (nSPS) is 17.3. The number of nitrogens with zero attached hydrogens (tertiary/aromatic N) is 1. The number of imide groups is 1. The van der Waals surface area contributed by atoms with Crippen molar-refractivity contribution in [2.75, 3.05) is 6.79 Å². The van der Waals surface area contributed by atoms with Gasteiger partial charge in [-0.25, -0.2) is 9.29 Å². The lowest BCUT2D eigenvalue weighted by Crippen LogP contribution is -2.35. The Morgan fingerprint density at radius 2 is 1.96 bits per heavy atom. The molecule has 1 saturated heterocycles. The number of hydrogen-bond acceptors (Lipinski definition) is 6. The van der Waals surface area contributed by atoms with Crippen LogP contribution in [0, 0.1) is 5.82 Å². The predicted molar refractivity (Wildman–Crippen MR) is 98.3 cm³/mol. The number of ether oxygens (including phenoxy) is 2. The minimum Gasteiger partial charge on any atom is -0.454 e. The van der Waals surface area contributed by atoms with Gasteiger partial charge in [0.2, 0.25) is 6.79 Å². The standard InChI is InChI=1S/C18H10FNO4S2/c19-12-4-2-1-3-11(12)16(21)20-17(22)15(26-18(20)25)8-10-5-6-13-14(7-10)24-9-23-13/h1-8H,9H2. The fourth-order valence-corrected chi connectivity index (χ4v) is 3.81. The molecule has 2 aromatic rings. The van der Waals surface area contributed by atoms with Gasteiger partial charge in [0.1, 0.15) is 5.82 Å². The molecule has 1 fully saturated rings. The number of thiocarbonyl (C=S) groups is 1. The summed E-state index contributed by atoms with van der Waals surface area (Å²) < 4.78 is 24.5. The zero-order valence-electron chi connectivity index (χ0n) is 13.1. The van der Waals surface area contributed by atoms with Gasteiger partial charge in [-0.05, 0) is 35.9 Å². The van der Waals surface area contributed by atoms with Gasteiger partial charge in [-0.15, -0.1) is 0 Å². The van der Waals surface area contributed by atoms with Gasteiger partial charge in [0.25, 0.3) is 11.8 Å². The molecule has 2 aliphatic rings. The molecule has 2 aromatic carbocycles. The van der Waals surface area contributed by atoms with E-state index in [0.717, 1.165) is 22.7 Å². The number of thioether (sulfide) groups is 1. The Balaban J connectivity index is 1.63. The Hall–Kier alpha value is -2.71. The van der Waals surface area contributed by atoms with Crippen LogP contribution in [-0.2, 0) is 4.79 Å². The second-order valence-corrected chi connectivity index (χ2v) is 7.09. The van der Waals surface area contributed by atoms with E-state index in [4.69, 9.17) is 21.7 Å². The number of carbonyl (C=O) groups is 2. The lowest BCUT2D eigenvalue weighted by atomic mass is 10.1. The number of rotatable bonds is 2. The summed E-state index contributed by atoms with van der Waals surface area (Å²) in [5.41, 5.74) is 0.501. The van der Waals surface area contributed by atoms with Gasteiger partial charge in [0.15, 0.2) is 15.8 Å². The molecule has 2 heterocycles. The van der Waals surface area contributed by atoms with Gasteiger partial charge < -0.3 is 9.47 Å². The summed E-state index contributed by atoms with van der Waals surface area (Å²) in [6, 6.07) is 10.7. The van der Waals surface area contributed by atoms with E-state index in [9.17, 15) is 14.0 Å². The van der Waals surface area contributed by atoms with Gasteiger partial charge in [0.05, 0.1) is 10.5 Å². The third kappa shape index (κ3) is 2.87. The fraction of sp³-hybridized carbons (Fsp3) is 0.0556. The highest BCUT2D eigenvalue weighted by molar-refractivity contribution is 8.26. The van der Waals surface area contributed by atoms with Crippen molar-refractivity contribution in [3.05, 3.63) is 64.3 Å². The molecule has 0 atom stereocenters. The minimum atomic E-state index is -0.778. The molecule has 0 unspecified atom stereocenters. The van der Waals surface area contributed by atoms with Crippen LogP contribution in [0.1, 0.15) is 15.9 Å². The van der Waals surface area contributed by atoms with Crippen LogP contribution < -0.4 is 9.47 Å². The summed E-state index contributed by atoms with van der Waals surface area (Å²) in [4.78, 5) is 26.3. The summed E-state index contributed by atoms with van der Waals surface area (Å²) in [5, 5.41) is 0. The van der Waals surface area contributed by atoms with Crippen LogP contribution in [-0.4, -0.2) is 27.8 Å². The third-order valence-corrected chi connectivity index (χ3v) is 5.10. The lowest BCUT2D eigenvalue weighted by Gasteiger charge is -2.12. The largest absolute Gasteiger partial charge is 0.454 e. The molecule has 5 nitrogen and oxygen atoms in total. The second kappa shape index (κ2) is 6.54. The first-order chi connectivity index (χ1) is 12.5. The van der Waals surface area contributed by atoms with Crippen LogP contribution >= 0.6 is 24.0 Å². The maximum Gasteiger partial charge on any atom is 0.273 e. The van der Waals surface area contributed by atoms with Crippen molar-refractivity contribution in [2.24, 2.45) is 0 Å². The molecule has 4 rings (SSSR count). The molecular weight excluding hydrogens is 377 g/mol. The van der Waals surface area contributed by atoms with E-state index in [-0.39, 0.29) is 21.6 Å². The molecule has 0 saturated carbocycles. The van der Waals surface area contributed by atoms with Crippen molar-refractivity contribution in [3.8, 4) is 11.5 Å². The summed E-state index contributed by atoms with van der Waals surface area (Å²) in [6.45, 7) is 0.151. The van der Waals surface area contributed by atoms with Crippen molar-refractivity contribution < 1.29 is 23.5 Å². The van der Waals surface area contributed by atoms with E-state index in [1.165, 1.54) is 18.2 Å². The van der Waals surface area contributed by atoms with E-state index in [1.807, 2.05) is 0 Å². The highest BCUT2D eigenvalue weighted by atomic mass is 32.2. The molecule has 2 aliphatic heterocycles. The van der Waals surface area contributed by atoms with Gasteiger partial charge in [-0.3, -0.25) is 9.59 Å². The van der Waals surface area contributed by atoms with E-state index in [1.54, 1.807) is 24.3 Å². The van der Waals surface area contributed by atoms with Gasteiger partial charge in [0, 0.05) is 0 Å². The molecule has 0 bridgehead atoms. The Morgan fingerprint density at radius 1 is 1.19 bits per heavy atom. The summed E-state index contributed by atoms with van der Waals surface area (Å²) >= 11 is 6.14. The average molecular weight is 387 g/mol. The van der Waals surface area contributed by atoms with Crippen LogP contribution in [0.25, 0.3) is 6.08 Å².